The topological polar surface area (TPSA) is 41.1 Å². The average molecular weight is 334 g/mol. The van der Waals surface area contributed by atoms with Gasteiger partial charge in [-0.1, -0.05) is 6.92 Å². The smallest absolute Gasteiger partial charge is 0.143 e. The average Bonchev–Trinajstić information content (AvgIpc) is 2.26. The standard InChI is InChI=1S/C11H19IN4/c1-4-6-13-11-9(12)8-14-10(15-11)5-7-16(2)3/h8H,4-7H2,1-3H3,(H,13,14,15). The SMILES string of the molecule is CCCNc1nc(CCN(C)C)ncc1I. The minimum absolute atomic E-state index is 0.894. The third-order valence-corrected chi connectivity index (χ3v) is 2.91. The summed E-state index contributed by atoms with van der Waals surface area (Å²) in [4.78, 5) is 11.0. The van der Waals surface area contributed by atoms with Crippen molar-refractivity contribution >= 4 is 28.4 Å². The van der Waals surface area contributed by atoms with Gasteiger partial charge in [0.1, 0.15) is 11.6 Å². The van der Waals surface area contributed by atoms with E-state index in [2.05, 4.69) is 63.8 Å². The van der Waals surface area contributed by atoms with E-state index in [9.17, 15) is 0 Å². The summed E-state index contributed by atoms with van der Waals surface area (Å²) >= 11 is 2.26. The zero-order valence-corrected chi connectivity index (χ0v) is 12.3. The normalized spacial score (nSPS) is 10.8. The van der Waals surface area contributed by atoms with Crippen LogP contribution in [0.3, 0.4) is 0 Å². The van der Waals surface area contributed by atoms with E-state index < -0.39 is 0 Å². The maximum Gasteiger partial charge on any atom is 0.143 e. The second-order valence-corrected chi connectivity index (χ2v) is 5.13. The molecule has 0 radical (unpaired) electrons. The first-order valence-electron chi connectivity index (χ1n) is 5.53. The predicted octanol–water partition coefficient (Wildman–Crippen LogP) is 2.01. The zero-order valence-electron chi connectivity index (χ0n) is 10.1. The van der Waals surface area contributed by atoms with Crippen LogP contribution in [0, 0.1) is 3.57 Å². The number of hydrogen-bond acceptors (Lipinski definition) is 4. The van der Waals surface area contributed by atoms with E-state index in [0.717, 1.165) is 41.1 Å². The molecule has 16 heavy (non-hydrogen) atoms. The Bertz CT molecular complexity index is 328. The molecule has 0 atom stereocenters. The van der Waals surface area contributed by atoms with Crippen molar-refractivity contribution in [2.45, 2.75) is 19.8 Å². The van der Waals surface area contributed by atoms with Crippen LogP contribution in [0.4, 0.5) is 5.82 Å². The highest BCUT2D eigenvalue weighted by molar-refractivity contribution is 14.1. The Labute approximate surface area is 111 Å². The Morgan fingerprint density at radius 1 is 1.44 bits per heavy atom. The summed E-state index contributed by atoms with van der Waals surface area (Å²) in [6.07, 6.45) is 3.88. The lowest BCUT2D eigenvalue weighted by Crippen LogP contribution is -2.17. The summed E-state index contributed by atoms with van der Waals surface area (Å²) in [6.45, 7) is 4.09. The summed E-state index contributed by atoms with van der Waals surface area (Å²) in [7, 11) is 4.12. The van der Waals surface area contributed by atoms with Crippen LogP contribution in [0.15, 0.2) is 6.20 Å². The van der Waals surface area contributed by atoms with Crippen LogP contribution < -0.4 is 5.32 Å². The van der Waals surface area contributed by atoms with E-state index in [0.29, 0.717) is 0 Å². The third-order valence-electron chi connectivity index (χ3n) is 2.12. The van der Waals surface area contributed by atoms with Crippen LogP contribution >= 0.6 is 22.6 Å². The number of halogens is 1. The van der Waals surface area contributed by atoms with E-state index in [1.165, 1.54) is 0 Å². The highest BCUT2D eigenvalue weighted by Gasteiger charge is 2.04. The van der Waals surface area contributed by atoms with E-state index in [1.54, 1.807) is 0 Å². The number of rotatable bonds is 6. The van der Waals surface area contributed by atoms with Crippen LogP contribution in [0.25, 0.3) is 0 Å². The lowest BCUT2D eigenvalue weighted by Gasteiger charge is -2.10. The molecule has 0 aromatic carbocycles. The van der Waals surface area contributed by atoms with Gasteiger partial charge in [0, 0.05) is 25.7 Å². The fraction of sp³-hybridized carbons (Fsp3) is 0.636. The Kier molecular flexibility index (Phi) is 5.97. The van der Waals surface area contributed by atoms with Gasteiger partial charge in [-0.05, 0) is 43.1 Å². The molecule has 0 aliphatic rings. The first kappa shape index (κ1) is 13.6. The molecule has 0 aliphatic heterocycles. The molecule has 90 valence electrons. The van der Waals surface area contributed by atoms with Gasteiger partial charge >= 0.3 is 0 Å². The number of anilines is 1. The molecular weight excluding hydrogens is 315 g/mol. The maximum absolute atomic E-state index is 4.53. The van der Waals surface area contributed by atoms with Crippen molar-refractivity contribution in [3.8, 4) is 0 Å². The summed E-state index contributed by atoms with van der Waals surface area (Å²) in [5.41, 5.74) is 0. The van der Waals surface area contributed by atoms with E-state index in [4.69, 9.17) is 0 Å². The van der Waals surface area contributed by atoms with Gasteiger partial charge in [0.05, 0.1) is 3.57 Å². The van der Waals surface area contributed by atoms with Gasteiger partial charge in [-0.15, -0.1) is 0 Å². The quantitative estimate of drug-likeness (QED) is 0.808. The molecule has 0 bridgehead atoms. The van der Waals surface area contributed by atoms with E-state index in [-0.39, 0.29) is 0 Å². The first-order chi connectivity index (χ1) is 7.63. The summed E-state index contributed by atoms with van der Waals surface area (Å²) in [5, 5.41) is 3.32. The van der Waals surface area contributed by atoms with Crippen molar-refractivity contribution in [1.29, 1.82) is 0 Å². The highest BCUT2D eigenvalue weighted by Crippen LogP contribution is 2.14. The molecule has 5 heteroatoms. The van der Waals surface area contributed by atoms with Crippen molar-refractivity contribution in [3.63, 3.8) is 0 Å². The Morgan fingerprint density at radius 2 is 2.19 bits per heavy atom. The van der Waals surface area contributed by atoms with Crippen molar-refractivity contribution in [1.82, 2.24) is 14.9 Å². The largest absolute Gasteiger partial charge is 0.369 e. The molecule has 4 nitrogen and oxygen atoms in total. The van der Waals surface area contributed by atoms with E-state index in [1.807, 2.05) is 6.20 Å². The fourth-order valence-corrected chi connectivity index (χ4v) is 1.67. The second-order valence-electron chi connectivity index (χ2n) is 3.96. The lowest BCUT2D eigenvalue weighted by atomic mass is 10.3. The number of nitrogens with one attached hydrogen (secondary N) is 1. The molecule has 1 aromatic rings. The second kappa shape index (κ2) is 7.01. The minimum Gasteiger partial charge on any atom is -0.369 e. The summed E-state index contributed by atoms with van der Waals surface area (Å²) < 4.78 is 1.08. The molecule has 0 unspecified atom stereocenters. The number of likely N-dealkylation sites (N-methyl/N-ethyl adjacent to an activating group) is 1. The number of hydrogen-bond donors (Lipinski definition) is 1. The molecule has 1 heterocycles. The monoisotopic (exact) mass is 334 g/mol. The van der Waals surface area contributed by atoms with Crippen molar-refractivity contribution < 1.29 is 0 Å². The Balaban J connectivity index is 2.65. The van der Waals surface area contributed by atoms with Gasteiger partial charge in [-0.25, -0.2) is 9.97 Å². The Hall–Kier alpha value is -0.430. The summed E-state index contributed by atoms with van der Waals surface area (Å²) in [5.74, 6) is 1.87. The molecule has 1 N–H and O–H groups in total. The van der Waals surface area contributed by atoms with Crippen LogP contribution in [-0.4, -0.2) is 42.1 Å². The highest BCUT2D eigenvalue weighted by atomic mass is 127. The molecule has 0 amide bonds. The van der Waals surface area contributed by atoms with Gasteiger partial charge in [-0.2, -0.15) is 0 Å². The van der Waals surface area contributed by atoms with Gasteiger partial charge in [0.25, 0.3) is 0 Å². The molecule has 0 saturated carbocycles. The van der Waals surface area contributed by atoms with Crippen LogP contribution in [0.1, 0.15) is 19.2 Å². The predicted molar refractivity (Wildman–Crippen MR) is 75.8 cm³/mol. The van der Waals surface area contributed by atoms with Gasteiger partial charge in [0.15, 0.2) is 0 Å². The number of nitrogens with zero attached hydrogens (tertiary/aromatic N) is 3. The molecule has 1 aromatic heterocycles. The molecule has 0 aliphatic carbocycles. The Morgan fingerprint density at radius 3 is 2.81 bits per heavy atom. The van der Waals surface area contributed by atoms with Crippen molar-refractivity contribution in [3.05, 3.63) is 15.6 Å². The van der Waals surface area contributed by atoms with Gasteiger partial charge in [0.2, 0.25) is 0 Å². The summed E-state index contributed by atoms with van der Waals surface area (Å²) in [6, 6.07) is 0. The van der Waals surface area contributed by atoms with Crippen LogP contribution in [0.2, 0.25) is 0 Å². The minimum atomic E-state index is 0.894. The third kappa shape index (κ3) is 4.61. The molecule has 1 rings (SSSR count). The molecule has 0 spiro atoms. The van der Waals surface area contributed by atoms with Crippen LogP contribution in [-0.2, 0) is 6.42 Å². The van der Waals surface area contributed by atoms with Crippen molar-refractivity contribution in [2.75, 3.05) is 32.5 Å². The maximum atomic E-state index is 4.53. The molecular formula is C11H19IN4. The van der Waals surface area contributed by atoms with Gasteiger partial charge in [-0.3, -0.25) is 0 Å². The van der Waals surface area contributed by atoms with Gasteiger partial charge < -0.3 is 10.2 Å². The van der Waals surface area contributed by atoms with Crippen LogP contribution in [0.5, 0.6) is 0 Å². The molecule has 0 fully saturated rings. The lowest BCUT2D eigenvalue weighted by molar-refractivity contribution is 0.409. The fourth-order valence-electron chi connectivity index (χ4n) is 1.22. The zero-order chi connectivity index (χ0) is 12.0. The molecule has 0 saturated heterocycles. The first-order valence-corrected chi connectivity index (χ1v) is 6.61. The van der Waals surface area contributed by atoms with E-state index >= 15 is 0 Å². The number of aromatic nitrogens is 2. The van der Waals surface area contributed by atoms with Crippen molar-refractivity contribution in [2.24, 2.45) is 0 Å².